The number of piperidine rings is 1. The quantitative estimate of drug-likeness (QED) is 0.0877. The lowest BCUT2D eigenvalue weighted by molar-refractivity contribution is -0.139. The van der Waals surface area contributed by atoms with Crippen LogP contribution in [-0.2, 0) is 19.2 Å². The number of benzene rings is 2. The topological polar surface area (TPSA) is 197 Å². The van der Waals surface area contributed by atoms with Gasteiger partial charge in [0.05, 0.1) is 17.7 Å². The SMILES string of the molecule is Cc1sc2c(c1C)C(c1ccc(Cl)cc1)=N[C@@H](CC(=O)NCCCCCCCCNC(=O)COc1cccc3c1C(=O)N(C1CCC(=O)NC1=O)C3O)c1nnc(C)n1-2. The lowest BCUT2D eigenvalue weighted by Gasteiger charge is -2.31. The second-order valence-corrected chi connectivity index (χ2v) is 16.6. The number of unbranched alkanes of at least 4 members (excludes halogenated alkanes) is 5. The Hall–Kier alpha value is -5.45. The van der Waals surface area contributed by atoms with Crippen molar-refractivity contribution in [1.29, 1.82) is 0 Å². The number of aliphatic imine (C=N–C) groups is 1. The van der Waals surface area contributed by atoms with Crippen LogP contribution in [-0.4, -0.2) is 85.8 Å². The Morgan fingerprint density at radius 1 is 0.932 bits per heavy atom. The van der Waals surface area contributed by atoms with Crippen molar-refractivity contribution >= 4 is 58.2 Å². The van der Waals surface area contributed by atoms with Crippen molar-refractivity contribution in [2.75, 3.05) is 19.7 Å². The highest BCUT2D eigenvalue weighted by Gasteiger charge is 2.46. The number of hydrogen-bond acceptors (Lipinski definition) is 11. The van der Waals surface area contributed by atoms with E-state index >= 15 is 0 Å². The summed E-state index contributed by atoms with van der Waals surface area (Å²) < 4.78 is 7.73. The normalized spacial score (nSPS) is 18.4. The van der Waals surface area contributed by atoms with Crippen LogP contribution < -0.4 is 20.7 Å². The van der Waals surface area contributed by atoms with E-state index in [0.717, 1.165) is 76.7 Å². The first kappa shape index (κ1) is 41.7. The molecule has 0 bridgehead atoms. The molecule has 2 aromatic carbocycles. The Morgan fingerprint density at radius 3 is 2.34 bits per heavy atom. The number of aromatic nitrogens is 3. The Labute approximate surface area is 350 Å². The van der Waals surface area contributed by atoms with Gasteiger partial charge in [-0.1, -0.05) is 61.5 Å². The minimum atomic E-state index is -1.38. The number of halogens is 1. The van der Waals surface area contributed by atoms with Crippen LogP contribution in [0.5, 0.6) is 5.75 Å². The summed E-state index contributed by atoms with van der Waals surface area (Å²) in [5.41, 5.74) is 4.26. The van der Waals surface area contributed by atoms with Gasteiger partial charge in [-0.05, 0) is 63.8 Å². The van der Waals surface area contributed by atoms with Crippen LogP contribution in [0.2, 0.25) is 5.02 Å². The number of carbonyl (C=O) groups excluding carboxylic acids is 5. The first-order chi connectivity index (χ1) is 28.4. The van der Waals surface area contributed by atoms with Crippen LogP contribution in [0.25, 0.3) is 5.00 Å². The predicted octanol–water partition coefficient (Wildman–Crippen LogP) is 5.09. The highest BCUT2D eigenvalue weighted by atomic mass is 35.5. The smallest absolute Gasteiger partial charge is 0.261 e. The number of amides is 5. The molecule has 7 rings (SSSR count). The maximum Gasteiger partial charge on any atom is 0.261 e. The van der Waals surface area contributed by atoms with E-state index in [1.165, 1.54) is 10.9 Å². The van der Waals surface area contributed by atoms with E-state index in [1.807, 2.05) is 35.8 Å². The zero-order valence-electron chi connectivity index (χ0n) is 33.2. The maximum absolute atomic E-state index is 13.3. The van der Waals surface area contributed by atoms with Gasteiger partial charge in [0.25, 0.3) is 11.8 Å². The summed E-state index contributed by atoms with van der Waals surface area (Å²) >= 11 is 7.89. The van der Waals surface area contributed by atoms with E-state index in [0.29, 0.717) is 23.9 Å². The van der Waals surface area contributed by atoms with Crippen LogP contribution in [0.15, 0.2) is 47.5 Å². The Morgan fingerprint density at radius 2 is 1.63 bits per heavy atom. The van der Waals surface area contributed by atoms with Gasteiger partial charge in [-0.2, -0.15) is 0 Å². The number of rotatable bonds is 16. The molecule has 1 fully saturated rings. The van der Waals surface area contributed by atoms with Crippen molar-refractivity contribution in [3.8, 4) is 10.8 Å². The van der Waals surface area contributed by atoms with Crippen LogP contribution in [0.4, 0.5) is 0 Å². The van der Waals surface area contributed by atoms with Gasteiger partial charge in [-0.25, -0.2) is 0 Å². The number of thiophene rings is 1. The molecule has 0 saturated carbocycles. The van der Waals surface area contributed by atoms with E-state index in [2.05, 4.69) is 40.0 Å². The summed E-state index contributed by atoms with van der Waals surface area (Å²) in [6.45, 7) is 6.80. The molecule has 0 radical (unpaired) electrons. The van der Waals surface area contributed by atoms with Crippen LogP contribution in [0.1, 0.15) is 119 Å². The van der Waals surface area contributed by atoms with Crippen molar-refractivity contribution in [3.05, 3.63) is 91.8 Å². The van der Waals surface area contributed by atoms with Gasteiger partial charge in [0.2, 0.25) is 17.7 Å². The van der Waals surface area contributed by atoms with Gasteiger partial charge in [0.1, 0.15) is 28.7 Å². The van der Waals surface area contributed by atoms with E-state index in [-0.39, 0.29) is 54.6 Å². The summed E-state index contributed by atoms with van der Waals surface area (Å²) in [7, 11) is 0. The summed E-state index contributed by atoms with van der Waals surface area (Å²) in [6, 6.07) is 10.8. The molecule has 17 heteroatoms. The molecular formula is C42H47ClN8O7S. The molecular weight excluding hydrogens is 796 g/mol. The van der Waals surface area contributed by atoms with Gasteiger partial charge in [0, 0.05) is 46.1 Å². The average molecular weight is 843 g/mol. The highest BCUT2D eigenvalue weighted by molar-refractivity contribution is 7.15. The molecule has 5 heterocycles. The Balaban J connectivity index is 0.811. The number of hydrogen-bond donors (Lipinski definition) is 4. The minimum absolute atomic E-state index is 0.0580. The second kappa shape index (κ2) is 18.2. The van der Waals surface area contributed by atoms with Gasteiger partial charge < -0.3 is 20.5 Å². The van der Waals surface area contributed by atoms with Crippen molar-refractivity contribution < 1.29 is 33.8 Å². The van der Waals surface area contributed by atoms with Crippen molar-refractivity contribution in [2.45, 2.75) is 96.9 Å². The fourth-order valence-electron chi connectivity index (χ4n) is 7.75. The lowest BCUT2D eigenvalue weighted by Crippen LogP contribution is -2.53. The van der Waals surface area contributed by atoms with Crippen molar-refractivity contribution in [2.24, 2.45) is 4.99 Å². The molecule has 3 atom stereocenters. The molecule has 4 aromatic rings. The van der Waals surface area contributed by atoms with E-state index in [4.69, 9.17) is 21.3 Å². The number of carbonyl (C=O) groups is 5. The molecule has 15 nitrogen and oxygen atoms in total. The van der Waals surface area contributed by atoms with Gasteiger partial charge in [0.15, 0.2) is 18.7 Å². The van der Waals surface area contributed by atoms with Gasteiger partial charge >= 0.3 is 0 Å². The van der Waals surface area contributed by atoms with Crippen LogP contribution in [0.3, 0.4) is 0 Å². The first-order valence-electron chi connectivity index (χ1n) is 19.9. The van der Waals surface area contributed by atoms with E-state index < -0.39 is 36.0 Å². The van der Waals surface area contributed by atoms with Gasteiger partial charge in [-0.15, -0.1) is 21.5 Å². The zero-order valence-corrected chi connectivity index (χ0v) is 34.8. The summed E-state index contributed by atoms with van der Waals surface area (Å²) in [5.74, 6) is -0.592. The third-order valence-corrected chi connectivity index (χ3v) is 12.4. The zero-order chi connectivity index (χ0) is 41.8. The number of aliphatic hydroxyl groups is 1. The molecule has 3 aliphatic heterocycles. The second-order valence-electron chi connectivity index (χ2n) is 15.0. The molecule has 0 aliphatic carbocycles. The molecule has 4 N–H and O–H groups in total. The molecule has 2 unspecified atom stereocenters. The molecule has 3 aliphatic rings. The lowest BCUT2D eigenvalue weighted by atomic mass is 9.99. The van der Waals surface area contributed by atoms with E-state index in [9.17, 15) is 29.1 Å². The summed E-state index contributed by atoms with van der Waals surface area (Å²) in [4.78, 5) is 70.5. The van der Waals surface area contributed by atoms with Crippen molar-refractivity contribution in [1.82, 2.24) is 35.6 Å². The fourth-order valence-corrected chi connectivity index (χ4v) is 9.09. The fraction of sp³-hybridized carbons (Fsp3) is 0.429. The number of imide groups is 1. The predicted molar refractivity (Wildman–Crippen MR) is 221 cm³/mol. The number of nitrogens with zero attached hydrogens (tertiary/aromatic N) is 5. The van der Waals surface area contributed by atoms with Crippen LogP contribution >= 0.6 is 22.9 Å². The third-order valence-electron chi connectivity index (χ3n) is 10.9. The van der Waals surface area contributed by atoms with Gasteiger partial charge in [-0.3, -0.25) is 43.7 Å². The highest BCUT2D eigenvalue weighted by Crippen LogP contribution is 2.41. The summed E-state index contributed by atoms with van der Waals surface area (Å²) in [5, 5.41) is 29.5. The largest absolute Gasteiger partial charge is 0.483 e. The van der Waals surface area contributed by atoms with Crippen LogP contribution in [0, 0.1) is 20.8 Å². The maximum atomic E-state index is 13.3. The third kappa shape index (κ3) is 8.94. The molecule has 2 aromatic heterocycles. The monoisotopic (exact) mass is 842 g/mol. The first-order valence-corrected chi connectivity index (χ1v) is 21.1. The van der Waals surface area contributed by atoms with E-state index in [1.54, 1.807) is 23.5 Å². The molecule has 5 amide bonds. The molecule has 59 heavy (non-hydrogen) atoms. The molecule has 0 spiro atoms. The number of ether oxygens (including phenoxy) is 1. The number of aliphatic hydroxyl groups excluding tert-OH is 1. The average Bonchev–Trinajstić information content (AvgIpc) is 3.79. The molecule has 310 valence electrons. The Bertz CT molecular complexity index is 2310. The number of nitrogens with one attached hydrogen (secondary N) is 3. The Kier molecular flexibility index (Phi) is 12.9. The standard InChI is InChI=1S/C42H47ClN8O7S/c1-23-24(2)59-42-35(23)37(26-13-15-27(43)16-14-26)46-29(38-49-48-25(3)50(38)42)21-33(53)44-19-8-6-4-5-7-9-20-45-34(54)22-58-31-12-10-11-28-36(31)41(57)51(40(28)56)30-17-18-32(52)47-39(30)55/h10-16,29-30,40,56H,4-9,17-22H2,1-3H3,(H,44,53)(H,45,54)(H,47,52,55)/t29-,30?,40?/m0/s1. The number of aryl methyl sites for hydroxylation is 2. The summed E-state index contributed by atoms with van der Waals surface area (Å²) in [6.07, 6.45) is 4.38. The number of fused-ring (bicyclic) bond motifs is 4. The molecule has 1 saturated heterocycles. The minimum Gasteiger partial charge on any atom is -0.483 e. The van der Waals surface area contributed by atoms with Crippen molar-refractivity contribution in [3.63, 3.8) is 0 Å².